The summed E-state index contributed by atoms with van der Waals surface area (Å²) in [7, 11) is 1.63. The molecule has 0 bridgehead atoms. The van der Waals surface area contributed by atoms with E-state index in [0.29, 0.717) is 23.3 Å². The third-order valence-corrected chi connectivity index (χ3v) is 3.88. The van der Waals surface area contributed by atoms with Gasteiger partial charge in [-0.25, -0.2) is 0 Å². The van der Waals surface area contributed by atoms with Gasteiger partial charge in [0.2, 0.25) is 5.91 Å². The molecule has 4 heteroatoms. The van der Waals surface area contributed by atoms with Gasteiger partial charge >= 0.3 is 0 Å². The van der Waals surface area contributed by atoms with Crippen molar-refractivity contribution < 1.29 is 9.53 Å². The molecule has 0 heterocycles. The molecule has 2 rings (SSSR count). The largest absolute Gasteiger partial charge is 0.495 e. The lowest BCUT2D eigenvalue weighted by atomic mass is 10.1. The van der Waals surface area contributed by atoms with Crippen LogP contribution in [0.4, 0.5) is 0 Å². The maximum Gasteiger partial charge on any atom is 0.219 e. The van der Waals surface area contributed by atoms with E-state index in [1.165, 1.54) is 5.56 Å². The molecule has 1 fully saturated rings. The Bertz CT molecular complexity index is 461. The number of ether oxygens (including phenoxy) is 1. The van der Waals surface area contributed by atoms with Crippen LogP contribution in [0.15, 0.2) is 18.2 Å². The van der Waals surface area contributed by atoms with Crippen molar-refractivity contribution in [3.8, 4) is 5.75 Å². The summed E-state index contributed by atoms with van der Waals surface area (Å²) in [5.41, 5.74) is 1.25. The smallest absolute Gasteiger partial charge is 0.219 e. The minimum absolute atomic E-state index is 0.154. The Morgan fingerprint density at radius 3 is 3.00 bits per heavy atom. The van der Waals surface area contributed by atoms with Gasteiger partial charge in [-0.2, -0.15) is 0 Å². The molecule has 1 aromatic carbocycles. The Hall–Kier alpha value is -1.22. The first-order valence-corrected chi connectivity index (χ1v) is 7.13. The minimum Gasteiger partial charge on any atom is -0.495 e. The first kappa shape index (κ1) is 14.2. The van der Waals surface area contributed by atoms with Gasteiger partial charge in [0, 0.05) is 13.0 Å². The normalized spacial score (nSPS) is 21.0. The van der Waals surface area contributed by atoms with Crippen LogP contribution in [0, 0.1) is 5.92 Å². The van der Waals surface area contributed by atoms with Gasteiger partial charge in [0.25, 0.3) is 0 Å². The maximum atomic E-state index is 11.4. The molecule has 0 radical (unpaired) electrons. The summed E-state index contributed by atoms with van der Waals surface area (Å²) in [5.74, 6) is 1.95. The van der Waals surface area contributed by atoms with Gasteiger partial charge in [-0.15, -0.1) is 0 Å². The lowest BCUT2D eigenvalue weighted by Gasteiger charge is -2.07. The van der Waals surface area contributed by atoms with Gasteiger partial charge in [0.05, 0.1) is 12.1 Å². The first-order valence-electron chi connectivity index (χ1n) is 6.75. The highest BCUT2D eigenvalue weighted by Gasteiger charge is 2.38. The van der Waals surface area contributed by atoms with Crippen LogP contribution in [-0.2, 0) is 4.79 Å². The zero-order chi connectivity index (χ0) is 13.8. The van der Waals surface area contributed by atoms with Crippen molar-refractivity contribution in [1.29, 1.82) is 0 Å². The number of rotatable bonds is 6. The van der Waals surface area contributed by atoms with Gasteiger partial charge in [-0.05, 0) is 42.4 Å². The molecule has 104 valence electrons. The van der Waals surface area contributed by atoms with Crippen molar-refractivity contribution in [2.75, 3.05) is 13.7 Å². The van der Waals surface area contributed by atoms with E-state index in [1.54, 1.807) is 7.11 Å². The molecule has 1 aromatic rings. The summed E-state index contributed by atoms with van der Waals surface area (Å²) in [5, 5.41) is 3.63. The van der Waals surface area contributed by atoms with Gasteiger partial charge in [0.15, 0.2) is 0 Å². The third-order valence-electron chi connectivity index (χ3n) is 3.56. The molecule has 0 aliphatic heterocycles. The summed E-state index contributed by atoms with van der Waals surface area (Å²) in [4.78, 5) is 11.4. The highest BCUT2D eigenvalue weighted by Crippen LogP contribution is 2.48. The minimum atomic E-state index is 0.154. The Balaban J connectivity index is 1.87. The van der Waals surface area contributed by atoms with Gasteiger partial charge in [-0.3, -0.25) is 4.79 Å². The summed E-state index contributed by atoms with van der Waals surface area (Å²) in [6, 6.07) is 5.92. The van der Waals surface area contributed by atoms with Gasteiger partial charge in [0.1, 0.15) is 5.75 Å². The molecule has 19 heavy (non-hydrogen) atoms. The van der Waals surface area contributed by atoms with Crippen LogP contribution in [-0.4, -0.2) is 19.6 Å². The van der Waals surface area contributed by atoms with Crippen LogP contribution in [0.3, 0.4) is 0 Å². The number of halogens is 1. The molecule has 3 nitrogen and oxygen atoms in total. The molecule has 1 amide bonds. The van der Waals surface area contributed by atoms with E-state index in [0.717, 1.165) is 25.1 Å². The van der Waals surface area contributed by atoms with E-state index < -0.39 is 0 Å². The summed E-state index contributed by atoms with van der Waals surface area (Å²) in [6.07, 6.45) is 2.64. The Labute approximate surface area is 119 Å². The molecule has 2 unspecified atom stereocenters. The molecular weight excluding hydrogens is 262 g/mol. The average molecular weight is 282 g/mol. The van der Waals surface area contributed by atoms with E-state index in [4.69, 9.17) is 16.3 Å². The number of amides is 1. The third kappa shape index (κ3) is 3.63. The number of hydrogen-bond acceptors (Lipinski definition) is 2. The van der Waals surface area contributed by atoms with Crippen LogP contribution in [0.5, 0.6) is 5.75 Å². The number of hydrogen-bond donors (Lipinski definition) is 1. The molecule has 1 aliphatic rings. The van der Waals surface area contributed by atoms with Gasteiger partial charge in [-0.1, -0.05) is 24.6 Å². The molecule has 1 aliphatic carbocycles. The van der Waals surface area contributed by atoms with E-state index in [2.05, 4.69) is 5.32 Å². The highest BCUT2D eigenvalue weighted by atomic mass is 35.5. The molecule has 2 atom stereocenters. The molecular formula is C15H20ClNO2. The van der Waals surface area contributed by atoms with Crippen LogP contribution >= 0.6 is 11.6 Å². The number of methoxy groups -OCH3 is 1. The molecule has 1 N–H and O–H groups in total. The van der Waals surface area contributed by atoms with Crippen molar-refractivity contribution in [2.45, 2.75) is 32.1 Å². The van der Waals surface area contributed by atoms with Crippen molar-refractivity contribution in [2.24, 2.45) is 5.92 Å². The number of carbonyl (C=O) groups excluding carboxylic acids is 1. The quantitative estimate of drug-likeness (QED) is 0.868. The predicted octanol–water partition coefficient (Wildman–Crippen LogP) is 3.37. The lowest BCUT2D eigenvalue weighted by Crippen LogP contribution is -2.25. The second-order valence-corrected chi connectivity index (χ2v) is 5.46. The highest BCUT2D eigenvalue weighted by molar-refractivity contribution is 6.32. The monoisotopic (exact) mass is 281 g/mol. The second kappa shape index (κ2) is 6.29. The maximum absolute atomic E-state index is 11.4. The summed E-state index contributed by atoms with van der Waals surface area (Å²) < 4.78 is 5.23. The van der Waals surface area contributed by atoms with E-state index in [-0.39, 0.29) is 5.91 Å². The van der Waals surface area contributed by atoms with Crippen molar-refractivity contribution in [3.63, 3.8) is 0 Å². The zero-order valence-electron chi connectivity index (χ0n) is 11.4. The Morgan fingerprint density at radius 2 is 2.32 bits per heavy atom. The SMILES string of the molecule is CCCC(=O)NCC1CC1c1ccc(Cl)c(OC)c1. The molecule has 0 saturated heterocycles. The van der Waals surface area contributed by atoms with Gasteiger partial charge < -0.3 is 10.1 Å². The van der Waals surface area contributed by atoms with E-state index in [1.807, 2.05) is 25.1 Å². The predicted molar refractivity (Wildman–Crippen MR) is 76.8 cm³/mol. The van der Waals surface area contributed by atoms with Crippen LogP contribution in [0.2, 0.25) is 5.02 Å². The van der Waals surface area contributed by atoms with E-state index >= 15 is 0 Å². The van der Waals surface area contributed by atoms with Crippen LogP contribution in [0.1, 0.15) is 37.7 Å². The van der Waals surface area contributed by atoms with Crippen molar-refractivity contribution in [3.05, 3.63) is 28.8 Å². The fourth-order valence-corrected chi connectivity index (χ4v) is 2.54. The molecule has 0 spiro atoms. The van der Waals surface area contributed by atoms with Crippen LogP contribution < -0.4 is 10.1 Å². The van der Waals surface area contributed by atoms with E-state index in [9.17, 15) is 4.79 Å². The zero-order valence-corrected chi connectivity index (χ0v) is 12.2. The number of nitrogens with one attached hydrogen (secondary N) is 1. The number of benzene rings is 1. The van der Waals surface area contributed by atoms with Crippen molar-refractivity contribution in [1.82, 2.24) is 5.32 Å². The molecule has 1 saturated carbocycles. The van der Waals surface area contributed by atoms with Crippen molar-refractivity contribution >= 4 is 17.5 Å². The summed E-state index contributed by atoms with van der Waals surface area (Å²) >= 11 is 6.01. The Kier molecular flexibility index (Phi) is 4.70. The summed E-state index contributed by atoms with van der Waals surface area (Å²) in [6.45, 7) is 2.79. The topological polar surface area (TPSA) is 38.3 Å². The number of carbonyl (C=O) groups is 1. The lowest BCUT2D eigenvalue weighted by molar-refractivity contribution is -0.121. The average Bonchev–Trinajstić information content (AvgIpc) is 3.17. The van der Waals surface area contributed by atoms with Crippen LogP contribution in [0.25, 0.3) is 0 Å². The second-order valence-electron chi connectivity index (χ2n) is 5.05. The standard InChI is InChI=1S/C15H20ClNO2/c1-3-4-15(18)17-9-11-7-12(11)10-5-6-13(16)14(8-10)19-2/h5-6,8,11-12H,3-4,7,9H2,1-2H3,(H,17,18). The Morgan fingerprint density at radius 1 is 1.53 bits per heavy atom. The first-order chi connectivity index (χ1) is 9.15. The molecule has 0 aromatic heterocycles. The fourth-order valence-electron chi connectivity index (χ4n) is 2.35. The fraction of sp³-hybridized carbons (Fsp3) is 0.533.